The molecular weight excluding hydrogens is 358 g/mol. The molecule has 0 aliphatic carbocycles. The molecule has 0 heterocycles. The van der Waals surface area contributed by atoms with Crippen LogP contribution >= 0.6 is 7.26 Å². The molecule has 1 radical (unpaired) electrons. The maximum Gasteiger partial charge on any atom is 0.264 e. The van der Waals surface area contributed by atoms with Crippen LogP contribution in [0, 0.1) is 13.8 Å². The van der Waals surface area contributed by atoms with Crippen molar-refractivity contribution in [2.75, 3.05) is 31.9 Å². The van der Waals surface area contributed by atoms with Crippen molar-refractivity contribution in [3.05, 3.63) is 23.3 Å². The van der Waals surface area contributed by atoms with Gasteiger partial charge in [-0.2, -0.15) is 0 Å². The Morgan fingerprint density at radius 3 is 2.14 bits per heavy atom. The number of nitrogens with one attached hydrogen (secondary N) is 1. The molecule has 0 saturated carbocycles. The molecule has 0 aromatic heterocycles. The van der Waals surface area contributed by atoms with Crippen LogP contribution in [0.5, 0.6) is 5.75 Å². The quantitative estimate of drug-likeness (QED) is 0.780. The van der Waals surface area contributed by atoms with Gasteiger partial charge in [0, 0.05) is 59.0 Å². The molecule has 1 amide bonds. The fourth-order valence-electron chi connectivity index (χ4n) is 2.06. The van der Waals surface area contributed by atoms with Gasteiger partial charge in [-0.25, -0.2) is 0 Å². The second-order valence-corrected chi connectivity index (χ2v) is 10.9. The van der Waals surface area contributed by atoms with E-state index in [1.807, 2.05) is 32.9 Å². The summed E-state index contributed by atoms with van der Waals surface area (Å²) in [5.74, 6) is 0.953. The van der Waals surface area contributed by atoms with E-state index in [4.69, 9.17) is 4.74 Å². The van der Waals surface area contributed by atoms with E-state index in [0.717, 1.165) is 28.7 Å². The molecule has 0 aliphatic heterocycles. The van der Waals surface area contributed by atoms with Gasteiger partial charge in [0.25, 0.3) is 5.91 Å². The molecule has 21 heavy (non-hydrogen) atoms. The van der Waals surface area contributed by atoms with E-state index in [-0.39, 0.29) is 44.3 Å². The number of ether oxygens (including phenoxy) is 1. The molecule has 1 atom stereocenters. The molecule has 3 nitrogen and oxygen atoms in total. The largest absolute Gasteiger partial charge is 0.497 e. The maximum absolute atomic E-state index is 12.5. The Kier molecular flexibility index (Phi) is 8.61. The molecule has 0 bridgehead atoms. The summed E-state index contributed by atoms with van der Waals surface area (Å²) in [6.07, 6.45) is 1.09. The molecular formula is C16H27NO2PY+. The number of benzene rings is 1. The van der Waals surface area contributed by atoms with Crippen molar-refractivity contribution in [2.45, 2.75) is 33.4 Å². The third kappa shape index (κ3) is 5.30. The number of hydrogen-bond acceptors (Lipinski definition) is 2. The van der Waals surface area contributed by atoms with Crippen molar-refractivity contribution in [1.29, 1.82) is 0 Å². The van der Waals surface area contributed by atoms with E-state index in [0.29, 0.717) is 0 Å². The topological polar surface area (TPSA) is 38.3 Å². The molecule has 0 fully saturated rings. The standard InChI is InChI=1S/C16H26NO2P.Y/c1-8-20(6,7)13(4)16(18)17-15-11(2)9-14(19-5)10-12(15)3;/h9-10,13H,8H2,1-7H3;/p+1. The summed E-state index contributed by atoms with van der Waals surface area (Å²) in [6, 6.07) is 3.90. The van der Waals surface area contributed by atoms with Crippen LogP contribution in [-0.4, -0.2) is 38.2 Å². The van der Waals surface area contributed by atoms with E-state index in [1.54, 1.807) is 7.11 Å². The normalized spacial score (nSPS) is 12.3. The van der Waals surface area contributed by atoms with Gasteiger partial charge in [0.2, 0.25) is 0 Å². The van der Waals surface area contributed by atoms with E-state index in [1.165, 1.54) is 0 Å². The maximum atomic E-state index is 12.5. The van der Waals surface area contributed by atoms with Gasteiger partial charge in [0.15, 0.2) is 0 Å². The first-order chi connectivity index (χ1) is 9.22. The van der Waals surface area contributed by atoms with Crippen LogP contribution in [0.1, 0.15) is 25.0 Å². The number of carbonyl (C=O) groups is 1. The predicted octanol–water partition coefficient (Wildman–Crippen LogP) is 3.93. The molecule has 0 spiro atoms. The molecule has 1 aromatic carbocycles. The monoisotopic (exact) mass is 385 g/mol. The Morgan fingerprint density at radius 1 is 1.29 bits per heavy atom. The molecule has 5 heteroatoms. The van der Waals surface area contributed by atoms with E-state index >= 15 is 0 Å². The van der Waals surface area contributed by atoms with Crippen molar-refractivity contribution in [2.24, 2.45) is 0 Å². The van der Waals surface area contributed by atoms with Crippen molar-refractivity contribution in [1.82, 2.24) is 0 Å². The van der Waals surface area contributed by atoms with Gasteiger partial charge in [0.1, 0.15) is 11.4 Å². The Labute approximate surface area is 154 Å². The average Bonchev–Trinajstić information content (AvgIpc) is 2.41. The first kappa shape index (κ1) is 21.0. The fraction of sp³-hybridized carbons (Fsp3) is 0.562. The number of aryl methyl sites for hydroxylation is 2. The van der Waals surface area contributed by atoms with Gasteiger partial charge in [-0.3, -0.25) is 4.79 Å². The Hall–Kier alpha value is 0.0239. The van der Waals surface area contributed by atoms with Crippen molar-refractivity contribution in [3.63, 3.8) is 0 Å². The van der Waals surface area contributed by atoms with Gasteiger partial charge in [0.05, 0.1) is 13.3 Å². The van der Waals surface area contributed by atoms with Crippen molar-refractivity contribution in [3.8, 4) is 5.75 Å². The molecule has 1 unspecified atom stereocenters. The van der Waals surface area contributed by atoms with E-state index in [2.05, 4.69) is 25.6 Å². The number of hydrogen-bond donors (Lipinski definition) is 1. The first-order valence-electron chi connectivity index (χ1n) is 7.01. The Bertz CT molecular complexity index is 480. The SMILES string of the molecule is CC[P+](C)(C)C(C)C(=O)Nc1c(C)cc(OC)cc1C.[Y]. The van der Waals surface area contributed by atoms with Crippen LogP contribution in [-0.2, 0) is 37.5 Å². The number of amides is 1. The number of carbonyl (C=O) groups excluding carboxylic acids is 1. The molecule has 1 N–H and O–H groups in total. The van der Waals surface area contributed by atoms with Crippen molar-refractivity contribution >= 4 is 18.9 Å². The van der Waals surface area contributed by atoms with Crippen LogP contribution in [0.2, 0.25) is 0 Å². The summed E-state index contributed by atoms with van der Waals surface area (Å²) < 4.78 is 5.25. The third-order valence-corrected chi connectivity index (χ3v) is 8.19. The minimum Gasteiger partial charge on any atom is -0.497 e. The van der Waals surface area contributed by atoms with E-state index in [9.17, 15) is 4.79 Å². The minimum atomic E-state index is -1.19. The van der Waals surface area contributed by atoms with Crippen LogP contribution in [0.3, 0.4) is 0 Å². The van der Waals surface area contributed by atoms with Crippen LogP contribution in [0.25, 0.3) is 0 Å². The van der Waals surface area contributed by atoms with Gasteiger partial charge in [-0.15, -0.1) is 0 Å². The summed E-state index contributed by atoms with van der Waals surface area (Å²) in [5.41, 5.74) is 3.07. The summed E-state index contributed by atoms with van der Waals surface area (Å²) in [7, 11) is 0.466. The van der Waals surface area contributed by atoms with Crippen LogP contribution in [0.4, 0.5) is 5.69 Å². The van der Waals surface area contributed by atoms with Crippen LogP contribution in [0.15, 0.2) is 12.1 Å². The predicted molar refractivity (Wildman–Crippen MR) is 89.9 cm³/mol. The smallest absolute Gasteiger partial charge is 0.264 e. The second kappa shape index (κ2) is 8.60. The third-order valence-electron chi connectivity index (χ3n) is 4.23. The van der Waals surface area contributed by atoms with Gasteiger partial charge in [-0.05, 0) is 51.0 Å². The Morgan fingerprint density at radius 2 is 1.76 bits per heavy atom. The van der Waals surface area contributed by atoms with E-state index < -0.39 is 7.26 Å². The summed E-state index contributed by atoms with van der Waals surface area (Å²) in [6.45, 7) is 12.7. The minimum absolute atomic E-state index is 0. The summed E-state index contributed by atoms with van der Waals surface area (Å²) in [5, 5.41) is 3.10. The van der Waals surface area contributed by atoms with Gasteiger partial charge in [-0.1, -0.05) is 0 Å². The molecule has 0 aliphatic rings. The van der Waals surface area contributed by atoms with Crippen LogP contribution < -0.4 is 10.1 Å². The number of rotatable bonds is 5. The molecule has 1 aromatic rings. The number of methoxy groups -OCH3 is 1. The van der Waals surface area contributed by atoms with Gasteiger partial charge >= 0.3 is 0 Å². The molecule has 115 valence electrons. The van der Waals surface area contributed by atoms with Gasteiger partial charge < -0.3 is 10.1 Å². The zero-order chi connectivity index (χ0) is 15.5. The molecule has 1 rings (SSSR count). The molecule has 0 saturated heterocycles. The average molecular weight is 385 g/mol. The second-order valence-electron chi connectivity index (χ2n) is 5.90. The Balaban J connectivity index is 0.00000400. The number of anilines is 1. The summed E-state index contributed by atoms with van der Waals surface area (Å²) >= 11 is 0. The zero-order valence-electron chi connectivity index (χ0n) is 14.3. The zero-order valence-corrected chi connectivity index (χ0v) is 18.0. The van der Waals surface area contributed by atoms with Crippen molar-refractivity contribution < 1.29 is 42.2 Å². The first-order valence-corrected chi connectivity index (χ1v) is 9.95. The summed E-state index contributed by atoms with van der Waals surface area (Å²) in [4.78, 5) is 12.5. The fourth-order valence-corrected chi connectivity index (χ4v) is 3.30.